The molecule has 0 bridgehead atoms. The van der Waals surface area contributed by atoms with Crippen molar-refractivity contribution < 1.29 is 8.78 Å². The first-order valence-electron chi connectivity index (χ1n) is 7.81. The lowest BCUT2D eigenvalue weighted by atomic mass is 10.2. The number of aromatic nitrogens is 4. The van der Waals surface area contributed by atoms with Crippen LogP contribution in [-0.4, -0.2) is 56.2 Å². The minimum atomic E-state index is -2.79. The molecule has 0 aromatic carbocycles. The third-order valence-electron chi connectivity index (χ3n) is 3.84. The molecular formula is C16H18F2N6S. The fourth-order valence-corrected chi connectivity index (χ4v) is 3.53. The molecular weight excluding hydrogens is 346 g/mol. The van der Waals surface area contributed by atoms with Gasteiger partial charge in [-0.3, -0.25) is 5.41 Å². The predicted octanol–water partition coefficient (Wildman–Crippen LogP) is 3.11. The summed E-state index contributed by atoms with van der Waals surface area (Å²) in [6.45, 7) is 3.11. The number of imidazole rings is 1. The number of thioether (sulfide) groups is 1. The SMILES string of the molecule is CC1CSCCN1c1cc(-c2cnc(/C=C\C(=N)C(F)F)[nH]2)ncn1. The standard InChI is InChI=1S/C16H18F2N6S/c1-10-8-25-5-4-24(10)15-6-12(21-9-22-15)13-7-20-14(23-13)3-2-11(19)16(17)18/h2-3,6-7,9-10,16,19H,4-5,8H2,1H3,(H,20,23)/b3-2-,19-11?. The highest BCUT2D eigenvalue weighted by molar-refractivity contribution is 7.99. The molecule has 0 amide bonds. The molecule has 0 aliphatic carbocycles. The van der Waals surface area contributed by atoms with Crippen molar-refractivity contribution in [3.8, 4) is 11.4 Å². The van der Waals surface area contributed by atoms with Crippen LogP contribution >= 0.6 is 11.8 Å². The zero-order valence-electron chi connectivity index (χ0n) is 13.6. The highest BCUT2D eigenvalue weighted by Gasteiger charge is 2.20. The van der Waals surface area contributed by atoms with Crippen LogP contribution < -0.4 is 4.90 Å². The van der Waals surface area contributed by atoms with E-state index in [1.807, 2.05) is 17.8 Å². The van der Waals surface area contributed by atoms with Crippen molar-refractivity contribution in [3.63, 3.8) is 0 Å². The van der Waals surface area contributed by atoms with Crippen LogP contribution in [0.1, 0.15) is 12.7 Å². The molecule has 2 aromatic heterocycles. The van der Waals surface area contributed by atoms with Gasteiger partial charge in [-0.2, -0.15) is 11.8 Å². The van der Waals surface area contributed by atoms with Gasteiger partial charge in [-0.1, -0.05) is 0 Å². The first-order valence-corrected chi connectivity index (χ1v) is 8.96. The largest absolute Gasteiger partial charge is 0.352 e. The van der Waals surface area contributed by atoms with Crippen LogP contribution in [0.2, 0.25) is 0 Å². The molecule has 0 radical (unpaired) electrons. The Labute approximate surface area is 148 Å². The maximum atomic E-state index is 12.3. The van der Waals surface area contributed by atoms with Crippen LogP contribution in [0.4, 0.5) is 14.6 Å². The van der Waals surface area contributed by atoms with Crippen molar-refractivity contribution in [3.05, 3.63) is 30.5 Å². The highest BCUT2D eigenvalue weighted by Crippen LogP contribution is 2.25. The lowest BCUT2D eigenvalue weighted by Gasteiger charge is -2.34. The van der Waals surface area contributed by atoms with Gasteiger partial charge in [-0.25, -0.2) is 23.7 Å². The summed E-state index contributed by atoms with van der Waals surface area (Å²) in [7, 11) is 0. The molecule has 132 valence electrons. The topological polar surface area (TPSA) is 81.5 Å². The number of anilines is 1. The molecule has 1 unspecified atom stereocenters. The second-order valence-corrected chi connectivity index (χ2v) is 6.80. The van der Waals surface area contributed by atoms with Gasteiger partial charge in [-0.05, 0) is 19.1 Å². The first kappa shape index (κ1) is 17.5. The zero-order chi connectivity index (χ0) is 17.8. The molecule has 1 atom stereocenters. The van der Waals surface area contributed by atoms with Gasteiger partial charge in [0, 0.05) is 30.2 Å². The Morgan fingerprint density at radius 3 is 3.04 bits per heavy atom. The monoisotopic (exact) mass is 364 g/mol. The number of nitrogens with one attached hydrogen (secondary N) is 2. The van der Waals surface area contributed by atoms with Gasteiger partial charge in [-0.15, -0.1) is 0 Å². The minimum Gasteiger partial charge on any atom is -0.352 e. The van der Waals surface area contributed by atoms with Crippen molar-refractivity contribution in [2.75, 3.05) is 23.0 Å². The number of aromatic amines is 1. The molecule has 9 heteroatoms. The molecule has 1 saturated heterocycles. The summed E-state index contributed by atoms with van der Waals surface area (Å²) in [5, 5.41) is 7.12. The van der Waals surface area contributed by atoms with E-state index in [0.717, 1.165) is 29.9 Å². The molecule has 1 aliphatic heterocycles. The highest BCUT2D eigenvalue weighted by atomic mass is 32.2. The van der Waals surface area contributed by atoms with E-state index in [0.29, 0.717) is 23.3 Å². The Balaban J connectivity index is 1.79. The normalized spacial score (nSPS) is 18.2. The van der Waals surface area contributed by atoms with Gasteiger partial charge in [0.15, 0.2) is 0 Å². The summed E-state index contributed by atoms with van der Waals surface area (Å²) in [6.07, 6.45) is 2.70. The van der Waals surface area contributed by atoms with Crippen molar-refractivity contribution in [1.29, 1.82) is 5.41 Å². The molecule has 1 fully saturated rings. The molecule has 6 nitrogen and oxygen atoms in total. The second-order valence-electron chi connectivity index (χ2n) is 5.65. The Hall–Kier alpha value is -2.29. The van der Waals surface area contributed by atoms with Gasteiger partial charge in [0.1, 0.15) is 18.0 Å². The lowest BCUT2D eigenvalue weighted by Crippen LogP contribution is -2.40. The maximum absolute atomic E-state index is 12.3. The summed E-state index contributed by atoms with van der Waals surface area (Å²) in [6, 6.07) is 2.30. The smallest absolute Gasteiger partial charge is 0.279 e. The third kappa shape index (κ3) is 4.22. The van der Waals surface area contributed by atoms with Crippen LogP contribution in [-0.2, 0) is 0 Å². The molecule has 25 heavy (non-hydrogen) atoms. The van der Waals surface area contributed by atoms with Crippen LogP contribution in [0, 0.1) is 5.41 Å². The maximum Gasteiger partial charge on any atom is 0.279 e. The van der Waals surface area contributed by atoms with Gasteiger partial charge < -0.3 is 9.88 Å². The number of nitrogens with zero attached hydrogens (tertiary/aromatic N) is 4. The van der Waals surface area contributed by atoms with Crippen LogP contribution in [0.15, 0.2) is 24.7 Å². The molecule has 1 aliphatic rings. The van der Waals surface area contributed by atoms with Crippen molar-refractivity contribution in [1.82, 2.24) is 19.9 Å². The van der Waals surface area contributed by atoms with Crippen molar-refractivity contribution >= 4 is 29.4 Å². The van der Waals surface area contributed by atoms with Gasteiger partial charge in [0.25, 0.3) is 6.43 Å². The molecule has 3 rings (SSSR count). The number of allylic oxidation sites excluding steroid dienone is 1. The number of rotatable bonds is 5. The van der Waals surface area contributed by atoms with Gasteiger partial charge >= 0.3 is 0 Å². The first-order chi connectivity index (χ1) is 12.0. The van der Waals surface area contributed by atoms with E-state index >= 15 is 0 Å². The Bertz CT molecular complexity index is 775. The summed E-state index contributed by atoms with van der Waals surface area (Å²) in [5.74, 6) is 3.39. The van der Waals surface area contributed by atoms with Gasteiger partial charge in [0.05, 0.1) is 23.3 Å². The summed E-state index contributed by atoms with van der Waals surface area (Å²) < 4.78 is 24.6. The number of halogens is 2. The Morgan fingerprint density at radius 2 is 2.28 bits per heavy atom. The Kier molecular flexibility index (Phi) is 5.42. The molecule has 2 N–H and O–H groups in total. The number of H-pyrrole nitrogens is 1. The fraction of sp³-hybridized carbons (Fsp3) is 0.375. The van der Waals surface area contributed by atoms with Crippen LogP contribution in [0.3, 0.4) is 0 Å². The van der Waals surface area contributed by atoms with Crippen molar-refractivity contribution in [2.45, 2.75) is 19.4 Å². The van der Waals surface area contributed by atoms with E-state index < -0.39 is 12.1 Å². The van der Waals surface area contributed by atoms with E-state index in [1.54, 1.807) is 6.20 Å². The second kappa shape index (κ2) is 7.73. The van der Waals surface area contributed by atoms with E-state index in [1.165, 1.54) is 12.4 Å². The third-order valence-corrected chi connectivity index (χ3v) is 5.03. The average molecular weight is 364 g/mol. The average Bonchev–Trinajstić information content (AvgIpc) is 3.09. The quantitative estimate of drug-likeness (QED) is 0.797. The molecule has 0 spiro atoms. The van der Waals surface area contributed by atoms with Crippen LogP contribution in [0.25, 0.3) is 17.5 Å². The minimum absolute atomic E-state index is 0.392. The van der Waals surface area contributed by atoms with Crippen molar-refractivity contribution in [2.24, 2.45) is 0 Å². The number of hydrogen-bond acceptors (Lipinski definition) is 6. The molecule has 0 saturated carbocycles. The summed E-state index contributed by atoms with van der Waals surface area (Å²) in [5.41, 5.74) is 0.608. The summed E-state index contributed by atoms with van der Waals surface area (Å²) >= 11 is 1.94. The van der Waals surface area contributed by atoms with Gasteiger partial charge in [0.2, 0.25) is 0 Å². The molecule has 2 aromatic rings. The fourth-order valence-electron chi connectivity index (χ4n) is 2.51. The van der Waals surface area contributed by atoms with E-state index in [-0.39, 0.29) is 0 Å². The van der Waals surface area contributed by atoms with E-state index in [4.69, 9.17) is 5.41 Å². The summed E-state index contributed by atoms with van der Waals surface area (Å²) in [4.78, 5) is 18.0. The zero-order valence-corrected chi connectivity index (χ0v) is 14.4. The lowest BCUT2D eigenvalue weighted by molar-refractivity contribution is 0.226. The number of hydrogen-bond donors (Lipinski definition) is 2. The van der Waals surface area contributed by atoms with Crippen LogP contribution in [0.5, 0.6) is 0 Å². The number of alkyl halides is 2. The predicted molar refractivity (Wildman–Crippen MR) is 96.5 cm³/mol. The van der Waals surface area contributed by atoms with E-state index in [2.05, 4.69) is 31.8 Å². The van der Waals surface area contributed by atoms with E-state index in [9.17, 15) is 8.78 Å². The molecule has 3 heterocycles. The Morgan fingerprint density at radius 1 is 1.44 bits per heavy atom.